The largest absolute Gasteiger partial charge is 0.300 e. The average Bonchev–Trinajstić information content (AvgIpc) is 2.46. The SMILES string of the molecule is CCCCCCCCCCCCC(CC(=O)CC)C(C)(C)C. The van der Waals surface area contributed by atoms with E-state index in [4.69, 9.17) is 0 Å². The van der Waals surface area contributed by atoms with Gasteiger partial charge in [-0.15, -0.1) is 0 Å². The van der Waals surface area contributed by atoms with Gasteiger partial charge in [-0.2, -0.15) is 0 Å². The second-order valence-corrected chi connectivity index (χ2v) is 8.13. The molecular weight excluding hydrogens is 268 g/mol. The van der Waals surface area contributed by atoms with E-state index in [1.165, 1.54) is 70.6 Å². The predicted molar refractivity (Wildman–Crippen MR) is 99.3 cm³/mol. The molecule has 0 bridgehead atoms. The summed E-state index contributed by atoms with van der Waals surface area (Å²) in [5, 5.41) is 0. The number of unbranched alkanes of at least 4 members (excludes halogenated alkanes) is 9. The van der Waals surface area contributed by atoms with Crippen molar-refractivity contribution in [1.82, 2.24) is 0 Å². The Kier molecular flexibility index (Phi) is 12.9. The zero-order valence-corrected chi connectivity index (χ0v) is 16.2. The first-order chi connectivity index (χ1) is 10.4. The molecule has 0 radical (unpaired) electrons. The molecule has 0 N–H and O–H groups in total. The van der Waals surface area contributed by atoms with Crippen molar-refractivity contribution in [2.75, 3.05) is 0 Å². The molecule has 0 aliphatic carbocycles. The van der Waals surface area contributed by atoms with Crippen molar-refractivity contribution in [3.05, 3.63) is 0 Å². The van der Waals surface area contributed by atoms with E-state index >= 15 is 0 Å². The number of carbonyl (C=O) groups is 1. The predicted octanol–water partition coefficient (Wildman–Crippen LogP) is 7.33. The van der Waals surface area contributed by atoms with Crippen molar-refractivity contribution in [1.29, 1.82) is 0 Å². The Balaban J connectivity index is 3.66. The topological polar surface area (TPSA) is 17.1 Å². The van der Waals surface area contributed by atoms with E-state index in [1.54, 1.807) is 0 Å². The number of hydrogen-bond donors (Lipinski definition) is 0. The Morgan fingerprint density at radius 2 is 1.23 bits per heavy atom. The summed E-state index contributed by atoms with van der Waals surface area (Å²) in [5.41, 5.74) is 0.268. The number of hydrogen-bond acceptors (Lipinski definition) is 1. The molecule has 1 heteroatoms. The van der Waals surface area contributed by atoms with Crippen LogP contribution < -0.4 is 0 Å². The first-order valence-electron chi connectivity index (χ1n) is 9.93. The highest BCUT2D eigenvalue weighted by molar-refractivity contribution is 5.78. The number of ketones is 1. The molecule has 22 heavy (non-hydrogen) atoms. The summed E-state index contributed by atoms with van der Waals surface area (Å²) >= 11 is 0. The van der Waals surface area contributed by atoms with Crippen LogP contribution in [0.4, 0.5) is 0 Å². The molecule has 0 aromatic carbocycles. The van der Waals surface area contributed by atoms with Crippen LogP contribution in [0.25, 0.3) is 0 Å². The van der Waals surface area contributed by atoms with Gasteiger partial charge >= 0.3 is 0 Å². The van der Waals surface area contributed by atoms with Crippen LogP contribution in [-0.4, -0.2) is 5.78 Å². The Hall–Kier alpha value is -0.330. The highest BCUT2D eigenvalue weighted by Gasteiger charge is 2.25. The molecule has 0 aromatic rings. The van der Waals surface area contributed by atoms with Gasteiger partial charge in [-0.1, -0.05) is 98.8 Å². The third-order valence-electron chi connectivity index (χ3n) is 5.00. The third-order valence-corrected chi connectivity index (χ3v) is 5.00. The molecule has 0 heterocycles. The summed E-state index contributed by atoms with van der Waals surface area (Å²) in [6.45, 7) is 11.1. The van der Waals surface area contributed by atoms with E-state index in [1.807, 2.05) is 6.92 Å². The summed E-state index contributed by atoms with van der Waals surface area (Å²) in [6, 6.07) is 0. The van der Waals surface area contributed by atoms with E-state index in [9.17, 15) is 4.79 Å². The fourth-order valence-corrected chi connectivity index (χ4v) is 3.14. The fourth-order valence-electron chi connectivity index (χ4n) is 3.14. The summed E-state index contributed by atoms with van der Waals surface area (Å²) in [6.07, 6.45) is 16.6. The lowest BCUT2D eigenvalue weighted by molar-refractivity contribution is -0.120. The van der Waals surface area contributed by atoms with Crippen molar-refractivity contribution < 1.29 is 4.79 Å². The van der Waals surface area contributed by atoms with Gasteiger partial charge in [0.1, 0.15) is 5.78 Å². The molecule has 1 nitrogen and oxygen atoms in total. The molecule has 0 aromatic heterocycles. The Bertz CT molecular complexity index is 262. The van der Waals surface area contributed by atoms with Crippen LogP contribution in [0.15, 0.2) is 0 Å². The van der Waals surface area contributed by atoms with Crippen molar-refractivity contribution in [3.63, 3.8) is 0 Å². The minimum atomic E-state index is 0.268. The highest BCUT2D eigenvalue weighted by Crippen LogP contribution is 2.33. The van der Waals surface area contributed by atoms with Crippen LogP contribution in [-0.2, 0) is 4.79 Å². The molecule has 1 unspecified atom stereocenters. The monoisotopic (exact) mass is 310 g/mol. The standard InChI is InChI=1S/C21H42O/c1-6-8-9-10-11-12-13-14-15-16-17-19(21(3,4)5)18-20(22)7-2/h19H,6-18H2,1-5H3. The normalized spacial score (nSPS) is 13.3. The van der Waals surface area contributed by atoms with Crippen molar-refractivity contribution >= 4 is 5.78 Å². The van der Waals surface area contributed by atoms with E-state index in [0.717, 1.165) is 6.42 Å². The minimum absolute atomic E-state index is 0.268. The third kappa shape index (κ3) is 12.2. The van der Waals surface area contributed by atoms with Crippen LogP contribution in [0, 0.1) is 11.3 Å². The first kappa shape index (κ1) is 21.7. The molecule has 0 aliphatic heterocycles. The molecule has 1 atom stereocenters. The van der Waals surface area contributed by atoms with Gasteiger partial charge in [0.25, 0.3) is 0 Å². The van der Waals surface area contributed by atoms with E-state index in [0.29, 0.717) is 18.1 Å². The highest BCUT2D eigenvalue weighted by atomic mass is 16.1. The molecule has 0 rings (SSSR count). The fraction of sp³-hybridized carbons (Fsp3) is 0.952. The van der Waals surface area contributed by atoms with Crippen LogP contribution in [0.3, 0.4) is 0 Å². The molecule has 0 amide bonds. The van der Waals surface area contributed by atoms with Gasteiger partial charge in [-0.05, 0) is 17.8 Å². The summed E-state index contributed by atoms with van der Waals surface area (Å²) in [5.74, 6) is 1.00. The quantitative estimate of drug-likeness (QED) is 0.307. The van der Waals surface area contributed by atoms with Crippen molar-refractivity contribution in [3.8, 4) is 0 Å². The maximum Gasteiger partial charge on any atom is 0.132 e. The summed E-state index contributed by atoms with van der Waals surface area (Å²) < 4.78 is 0. The Morgan fingerprint density at radius 3 is 1.64 bits per heavy atom. The zero-order valence-electron chi connectivity index (χ0n) is 16.2. The molecule has 0 saturated carbocycles. The molecule has 0 aliphatic rings. The maximum atomic E-state index is 11.8. The molecule has 0 spiro atoms. The van der Waals surface area contributed by atoms with Gasteiger partial charge in [0.05, 0.1) is 0 Å². The van der Waals surface area contributed by atoms with Crippen LogP contribution >= 0.6 is 0 Å². The smallest absolute Gasteiger partial charge is 0.132 e. The second kappa shape index (κ2) is 13.1. The Labute approximate surface area is 140 Å². The first-order valence-corrected chi connectivity index (χ1v) is 9.93. The Morgan fingerprint density at radius 1 is 0.773 bits per heavy atom. The van der Waals surface area contributed by atoms with Crippen LogP contribution in [0.5, 0.6) is 0 Å². The number of carbonyl (C=O) groups excluding carboxylic acids is 1. The number of Topliss-reactive ketones (excluding diaryl/α,β-unsaturated/α-hetero) is 1. The van der Waals surface area contributed by atoms with Crippen molar-refractivity contribution in [2.24, 2.45) is 11.3 Å². The van der Waals surface area contributed by atoms with Crippen LogP contribution in [0.1, 0.15) is 118 Å². The van der Waals surface area contributed by atoms with Gasteiger partial charge in [0.15, 0.2) is 0 Å². The van der Waals surface area contributed by atoms with Gasteiger partial charge in [0.2, 0.25) is 0 Å². The van der Waals surface area contributed by atoms with Gasteiger partial charge in [-0.25, -0.2) is 0 Å². The van der Waals surface area contributed by atoms with Crippen molar-refractivity contribution in [2.45, 2.75) is 118 Å². The van der Waals surface area contributed by atoms with E-state index in [-0.39, 0.29) is 5.41 Å². The van der Waals surface area contributed by atoms with E-state index in [2.05, 4.69) is 27.7 Å². The van der Waals surface area contributed by atoms with Gasteiger partial charge in [-0.3, -0.25) is 4.79 Å². The molecule has 0 saturated heterocycles. The second-order valence-electron chi connectivity index (χ2n) is 8.13. The number of rotatable bonds is 14. The molecule has 0 fully saturated rings. The van der Waals surface area contributed by atoms with Gasteiger partial charge in [0, 0.05) is 12.8 Å². The van der Waals surface area contributed by atoms with Gasteiger partial charge < -0.3 is 0 Å². The minimum Gasteiger partial charge on any atom is -0.300 e. The molecule has 132 valence electrons. The lowest BCUT2D eigenvalue weighted by atomic mass is 9.75. The van der Waals surface area contributed by atoms with E-state index < -0.39 is 0 Å². The zero-order chi connectivity index (χ0) is 16.8. The lowest BCUT2D eigenvalue weighted by Crippen LogP contribution is -2.23. The van der Waals surface area contributed by atoms with Crippen LogP contribution in [0.2, 0.25) is 0 Å². The summed E-state index contributed by atoms with van der Waals surface area (Å²) in [4.78, 5) is 11.8. The maximum absolute atomic E-state index is 11.8. The average molecular weight is 311 g/mol. The lowest BCUT2D eigenvalue weighted by Gasteiger charge is -2.30. The summed E-state index contributed by atoms with van der Waals surface area (Å²) in [7, 11) is 0. The molecular formula is C21H42O.